The van der Waals surface area contributed by atoms with Crippen molar-refractivity contribution in [3.63, 3.8) is 0 Å². The third-order valence-corrected chi connectivity index (χ3v) is 13.2. The second-order valence-corrected chi connectivity index (χ2v) is 17.0. The first-order valence-corrected chi connectivity index (χ1v) is 19.3. The van der Waals surface area contributed by atoms with E-state index in [0.29, 0.717) is 39.1 Å². The van der Waals surface area contributed by atoms with Crippen molar-refractivity contribution in [2.75, 3.05) is 12.4 Å². The monoisotopic (exact) mass is 726 g/mol. The lowest BCUT2D eigenvalue weighted by atomic mass is 9.51. The third kappa shape index (κ3) is 5.99. The molecule has 6 aromatic rings. The van der Waals surface area contributed by atoms with E-state index in [1.165, 1.54) is 43.4 Å². The standard InChI is InChI=1S/C42H42N6O4S/c1-25-32(20-44-48(25)24-41(28-12-13-28)21-40(2)16-6-17-42(22-40,23-41)52-3)29-14-15-33(45-35(29)38(50)51)27-11-10-26-7-4-8-30(31(26)19-27)37(49)47-39-46-36-34(53-39)9-5-18-43-36/h4-5,7-11,14-15,18-20,28H,6,12-13,16-17,21-24H2,1-3H3,(H,50,51)(H,43,46,47,49). The molecule has 4 heterocycles. The van der Waals surface area contributed by atoms with Gasteiger partial charge in [0.2, 0.25) is 0 Å². The number of carboxylic acid groups (broad SMARTS) is 1. The van der Waals surface area contributed by atoms with E-state index in [2.05, 4.69) is 26.9 Å². The van der Waals surface area contributed by atoms with Crippen molar-refractivity contribution in [1.29, 1.82) is 0 Å². The second kappa shape index (κ2) is 12.6. The molecule has 3 aliphatic rings. The van der Waals surface area contributed by atoms with E-state index < -0.39 is 5.97 Å². The van der Waals surface area contributed by atoms with Gasteiger partial charge in [0.05, 0.1) is 22.2 Å². The predicted octanol–water partition coefficient (Wildman–Crippen LogP) is 9.18. The number of methoxy groups -OCH3 is 1. The molecule has 0 aliphatic heterocycles. The molecule has 1 amide bonds. The van der Waals surface area contributed by atoms with Crippen LogP contribution >= 0.6 is 11.3 Å². The van der Waals surface area contributed by atoms with Crippen LogP contribution in [0.1, 0.15) is 84.8 Å². The fourth-order valence-corrected chi connectivity index (χ4v) is 10.7. The average Bonchev–Trinajstić information content (AvgIpc) is 3.85. The molecule has 11 heteroatoms. The smallest absolute Gasteiger partial charge is 0.355 e. The number of pyridine rings is 2. The second-order valence-electron chi connectivity index (χ2n) is 16.0. The molecule has 10 nitrogen and oxygen atoms in total. The molecular formula is C42H42N6O4S. The highest BCUT2D eigenvalue weighted by Gasteiger charge is 2.59. The van der Waals surface area contributed by atoms with Crippen molar-refractivity contribution in [3.8, 4) is 22.4 Å². The number of carbonyl (C=O) groups is 2. The number of fused-ring (bicyclic) bond motifs is 4. The molecule has 0 saturated heterocycles. The molecule has 0 spiro atoms. The van der Waals surface area contributed by atoms with Gasteiger partial charge in [-0.3, -0.25) is 14.8 Å². The Balaban J connectivity index is 1.02. The molecule has 9 rings (SSSR count). The zero-order valence-electron chi connectivity index (χ0n) is 30.2. The van der Waals surface area contributed by atoms with Gasteiger partial charge in [0.15, 0.2) is 16.5 Å². The summed E-state index contributed by atoms with van der Waals surface area (Å²) in [6, 6.07) is 18.7. The summed E-state index contributed by atoms with van der Waals surface area (Å²) in [5, 5.41) is 20.4. The lowest BCUT2D eigenvalue weighted by molar-refractivity contribution is -0.161. The van der Waals surface area contributed by atoms with Gasteiger partial charge in [-0.15, -0.1) is 0 Å². The minimum atomic E-state index is -1.11. The van der Waals surface area contributed by atoms with Crippen LogP contribution in [-0.2, 0) is 11.3 Å². The summed E-state index contributed by atoms with van der Waals surface area (Å²) in [5.74, 6) is -0.736. The summed E-state index contributed by atoms with van der Waals surface area (Å²) >= 11 is 1.37. The Morgan fingerprint density at radius 2 is 1.89 bits per heavy atom. The predicted molar refractivity (Wildman–Crippen MR) is 206 cm³/mol. The van der Waals surface area contributed by atoms with Crippen molar-refractivity contribution < 1.29 is 19.4 Å². The van der Waals surface area contributed by atoms with Crippen LogP contribution in [0.4, 0.5) is 5.13 Å². The summed E-state index contributed by atoms with van der Waals surface area (Å²) in [7, 11) is 1.90. The molecule has 3 unspecified atom stereocenters. The Hall–Kier alpha value is -5.00. The van der Waals surface area contributed by atoms with Crippen LogP contribution in [0.5, 0.6) is 0 Å². The number of nitrogens with zero attached hydrogens (tertiary/aromatic N) is 5. The van der Waals surface area contributed by atoms with Gasteiger partial charge in [-0.2, -0.15) is 10.1 Å². The number of hydrogen-bond acceptors (Lipinski definition) is 8. The maximum atomic E-state index is 13.5. The molecule has 270 valence electrons. The van der Waals surface area contributed by atoms with Gasteiger partial charge in [0.25, 0.3) is 5.91 Å². The number of ether oxygens (including phenoxy) is 1. The maximum Gasteiger partial charge on any atom is 0.355 e. The normalized spacial score (nSPS) is 24.1. The zero-order chi connectivity index (χ0) is 36.5. The lowest BCUT2D eigenvalue weighted by Crippen LogP contribution is -2.54. The molecule has 3 saturated carbocycles. The van der Waals surface area contributed by atoms with Gasteiger partial charge >= 0.3 is 5.97 Å². The largest absolute Gasteiger partial charge is 0.476 e. The molecule has 3 aliphatic carbocycles. The lowest BCUT2D eigenvalue weighted by Gasteiger charge is -2.58. The highest BCUT2D eigenvalue weighted by molar-refractivity contribution is 7.22. The minimum Gasteiger partial charge on any atom is -0.476 e. The van der Waals surface area contributed by atoms with Crippen molar-refractivity contribution >= 4 is 49.5 Å². The van der Waals surface area contributed by atoms with Crippen LogP contribution in [0, 0.1) is 23.7 Å². The van der Waals surface area contributed by atoms with Gasteiger partial charge in [-0.1, -0.05) is 48.9 Å². The number of amides is 1. The summed E-state index contributed by atoms with van der Waals surface area (Å²) in [5.41, 5.74) is 4.79. The number of aromatic carboxylic acids is 1. The Kier molecular flexibility index (Phi) is 8.01. The number of rotatable bonds is 9. The first-order chi connectivity index (χ1) is 25.6. The Labute approximate surface area is 311 Å². The van der Waals surface area contributed by atoms with Gasteiger partial charge in [0, 0.05) is 47.8 Å². The third-order valence-electron chi connectivity index (χ3n) is 12.3. The molecular weight excluding hydrogens is 685 g/mol. The number of thiazole rings is 1. The Morgan fingerprint density at radius 3 is 2.68 bits per heavy atom. The number of hydrogen-bond donors (Lipinski definition) is 2. The van der Waals surface area contributed by atoms with Gasteiger partial charge in [-0.25, -0.2) is 14.8 Å². The number of aromatic nitrogens is 5. The number of benzene rings is 2. The summed E-state index contributed by atoms with van der Waals surface area (Å²) in [4.78, 5) is 39.8. The zero-order valence-corrected chi connectivity index (χ0v) is 31.0. The summed E-state index contributed by atoms with van der Waals surface area (Å²) < 4.78 is 9.33. The van der Waals surface area contributed by atoms with Crippen molar-refractivity contribution in [1.82, 2.24) is 24.7 Å². The van der Waals surface area contributed by atoms with Gasteiger partial charge in [0.1, 0.15) is 0 Å². The molecule has 2 bridgehead atoms. The minimum absolute atomic E-state index is 0.0318. The fourth-order valence-electron chi connectivity index (χ4n) is 9.91. The highest BCUT2D eigenvalue weighted by atomic mass is 32.1. The molecule has 3 fully saturated rings. The van der Waals surface area contributed by atoms with Crippen LogP contribution in [0.3, 0.4) is 0 Å². The fraction of sp³-hybridized carbons (Fsp3) is 0.381. The molecule has 2 aromatic carbocycles. The van der Waals surface area contributed by atoms with E-state index in [-0.39, 0.29) is 28.0 Å². The molecule has 3 atom stereocenters. The van der Waals surface area contributed by atoms with E-state index in [1.54, 1.807) is 18.5 Å². The first-order valence-electron chi connectivity index (χ1n) is 18.5. The Morgan fingerprint density at radius 1 is 1.02 bits per heavy atom. The molecule has 2 N–H and O–H groups in total. The van der Waals surface area contributed by atoms with Crippen LogP contribution in [0.15, 0.2) is 73.1 Å². The maximum absolute atomic E-state index is 13.5. The van der Waals surface area contributed by atoms with E-state index in [4.69, 9.17) is 14.8 Å². The number of carbonyl (C=O) groups excluding carboxylic acids is 1. The topological polar surface area (TPSA) is 132 Å². The molecule has 4 aromatic heterocycles. The van der Waals surface area contributed by atoms with E-state index >= 15 is 0 Å². The quantitative estimate of drug-likeness (QED) is 0.151. The van der Waals surface area contributed by atoms with Crippen LogP contribution in [0.2, 0.25) is 0 Å². The summed E-state index contributed by atoms with van der Waals surface area (Å²) in [6.07, 6.45) is 12.9. The number of anilines is 1. The van der Waals surface area contributed by atoms with E-state index in [0.717, 1.165) is 52.5 Å². The van der Waals surface area contributed by atoms with Gasteiger partial charge < -0.3 is 9.84 Å². The van der Waals surface area contributed by atoms with Crippen molar-refractivity contribution in [2.24, 2.45) is 16.7 Å². The average molecular weight is 727 g/mol. The van der Waals surface area contributed by atoms with Crippen LogP contribution < -0.4 is 5.32 Å². The van der Waals surface area contributed by atoms with E-state index in [1.807, 2.05) is 68.6 Å². The number of nitrogens with one attached hydrogen (secondary N) is 1. The van der Waals surface area contributed by atoms with Crippen LogP contribution in [-0.4, -0.2) is 54.4 Å². The molecule has 53 heavy (non-hydrogen) atoms. The Bertz CT molecular complexity index is 2400. The van der Waals surface area contributed by atoms with Crippen molar-refractivity contribution in [3.05, 3.63) is 90.0 Å². The first kappa shape index (κ1) is 33.8. The van der Waals surface area contributed by atoms with Crippen LogP contribution in [0.25, 0.3) is 43.5 Å². The molecule has 0 radical (unpaired) electrons. The highest BCUT2D eigenvalue weighted by Crippen LogP contribution is 2.65. The van der Waals surface area contributed by atoms with E-state index in [9.17, 15) is 14.7 Å². The van der Waals surface area contributed by atoms with Gasteiger partial charge in [-0.05, 0) is 116 Å². The number of carboxylic acids is 1. The van der Waals surface area contributed by atoms with Crippen molar-refractivity contribution in [2.45, 2.75) is 77.4 Å². The SMILES string of the molecule is COC12CCCC(C)(C1)CC(Cn1ncc(-c3ccc(-c4ccc5cccc(C(=O)Nc6nc7ncccc7s6)c5c4)nc3C(=O)O)c1C)(C1CC1)C2. The summed E-state index contributed by atoms with van der Waals surface area (Å²) in [6.45, 7) is 5.30.